The number of piperazine rings is 1. The van der Waals surface area contributed by atoms with Crippen molar-refractivity contribution in [1.82, 2.24) is 25.1 Å². The highest BCUT2D eigenvalue weighted by molar-refractivity contribution is 6.35. The van der Waals surface area contributed by atoms with Gasteiger partial charge in [-0.15, -0.1) is 0 Å². The molecule has 0 spiro atoms. The lowest BCUT2D eigenvalue weighted by molar-refractivity contribution is -0.126. The molecule has 1 saturated heterocycles. The van der Waals surface area contributed by atoms with Crippen molar-refractivity contribution in [2.45, 2.75) is 19.9 Å². The first-order chi connectivity index (χ1) is 16.3. The maximum Gasteiger partial charge on any atom is 0.246 e. The lowest BCUT2D eigenvalue weighted by atomic mass is 9.96. The first-order valence-corrected chi connectivity index (χ1v) is 11.2. The van der Waals surface area contributed by atoms with Crippen LogP contribution >= 0.6 is 11.6 Å². The summed E-state index contributed by atoms with van der Waals surface area (Å²) in [5, 5.41) is 8.59. The molecule has 2 aromatic carbocycles. The van der Waals surface area contributed by atoms with E-state index < -0.39 is 5.82 Å². The van der Waals surface area contributed by atoms with Gasteiger partial charge in [0.05, 0.1) is 16.7 Å². The van der Waals surface area contributed by atoms with Crippen LogP contribution in [-0.4, -0.2) is 56.6 Å². The summed E-state index contributed by atoms with van der Waals surface area (Å²) >= 11 is 6.71. The molecule has 1 aliphatic rings. The van der Waals surface area contributed by atoms with Crippen LogP contribution in [0.2, 0.25) is 5.02 Å². The quantitative estimate of drug-likeness (QED) is 0.429. The van der Waals surface area contributed by atoms with Crippen molar-refractivity contribution in [2.75, 3.05) is 30.3 Å². The average molecular weight is 480 g/mol. The van der Waals surface area contributed by atoms with E-state index in [4.69, 9.17) is 17.3 Å². The van der Waals surface area contributed by atoms with E-state index in [0.29, 0.717) is 41.9 Å². The zero-order valence-electron chi connectivity index (χ0n) is 18.8. The number of aromatic nitrogens is 4. The Labute approximate surface area is 200 Å². The molecular formula is C24H23ClFN7O. The predicted molar refractivity (Wildman–Crippen MR) is 132 cm³/mol. The summed E-state index contributed by atoms with van der Waals surface area (Å²) in [5.41, 5.74) is 8.52. The van der Waals surface area contributed by atoms with Crippen molar-refractivity contribution in [3.05, 3.63) is 53.5 Å². The number of H-pyrrole nitrogens is 1. The third kappa shape index (κ3) is 3.43. The van der Waals surface area contributed by atoms with Gasteiger partial charge in [0.1, 0.15) is 11.3 Å². The van der Waals surface area contributed by atoms with Crippen molar-refractivity contribution in [1.29, 1.82) is 0 Å². The Morgan fingerprint density at radius 3 is 2.85 bits per heavy atom. The van der Waals surface area contributed by atoms with E-state index in [2.05, 4.69) is 26.7 Å². The van der Waals surface area contributed by atoms with Crippen LogP contribution in [0.3, 0.4) is 0 Å². The van der Waals surface area contributed by atoms with Gasteiger partial charge < -0.3 is 15.5 Å². The zero-order valence-corrected chi connectivity index (χ0v) is 19.5. The molecule has 1 amide bonds. The van der Waals surface area contributed by atoms with Gasteiger partial charge in [-0.3, -0.25) is 9.89 Å². The molecular weight excluding hydrogens is 457 g/mol. The van der Waals surface area contributed by atoms with Crippen LogP contribution in [-0.2, 0) is 4.79 Å². The molecule has 174 valence electrons. The Kier molecular flexibility index (Phi) is 5.36. The number of hydrogen-bond donors (Lipinski definition) is 2. The molecule has 34 heavy (non-hydrogen) atoms. The van der Waals surface area contributed by atoms with Crippen LogP contribution in [0.25, 0.3) is 32.9 Å². The van der Waals surface area contributed by atoms with Gasteiger partial charge in [0.25, 0.3) is 0 Å². The minimum absolute atomic E-state index is 0.0389. The summed E-state index contributed by atoms with van der Waals surface area (Å²) in [4.78, 5) is 24.5. The summed E-state index contributed by atoms with van der Waals surface area (Å²) in [5.74, 6) is -0.246. The Morgan fingerprint density at radius 2 is 2.12 bits per heavy atom. The van der Waals surface area contributed by atoms with E-state index >= 15 is 4.39 Å². The number of carbonyl (C=O) groups excluding carboxylic acids is 1. The Bertz CT molecular complexity index is 1470. The van der Waals surface area contributed by atoms with Crippen LogP contribution in [0, 0.1) is 12.7 Å². The number of rotatable bonds is 3. The molecule has 2 aromatic heterocycles. The van der Waals surface area contributed by atoms with E-state index in [0.717, 1.165) is 10.9 Å². The molecule has 3 heterocycles. The van der Waals surface area contributed by atoms with E-state index in [1.807, 2.05) is 30.9 Å². The van der Waals surface area contributed by atoms with Gasteiger partial charge >= 0.3 is 0 Å². The highest BCUT2D eigenvalue weighted by Gasteiger charge is 2.30. The largest absolute Gasteiger partial charge is 0.368 e. The van der Waals surface area contributed by atoms with Gasteiger partial charge in [-0.25, -0.2) is 9.37 Å². The first kappa shape index (κ1) is 22.1. The summed E-state index contributed by atoms with van der Waals surface area (Å²) in [6, 6.07) is 5.42. The Hall–Kier alpha value is -3.72. The van der Waals surface area contributed by atoms with Gasteiger partial charge in [0.15, 0.2) is 5.82 Å². The van der Waals surface area contributed by atoms with Crippen molar-refractivity contribution < 1.29 is 9.18 Å². The molecule has 0 unspecified atom stereocenters. The number of nitrogens with zero attached hydrogens (tertiary/aromatic N) is 5. The Morgan fingerprint density at radius 1 is 1.32 bits per heavy atom. The molecule has 0 radical (unpaired) electrons. The molecule has 4 aromatic rings. The minimum atomic E-state index is -0.573. The van der Waals surface area contributed by atoms with E-state index in [1.165, 1.54) is 6.08 Å². The highest BCUT2D eigenvalue weighted by atomic mass is 35.5. The normalized spacial score (nSPS) is 16.4. The molecule has 0 aliphatic carbocycles. The number of halogens is 2. The van der Waals surface area contributed by atoms with Gasteiger partial charge in [-0.05, 0) is 31.6 Å². The number of anilines is 2. The SMILES string of the molecule is C=CC(=O)N1CCN(c2nc(N)nc3c(F)c(-c4c(C)ccc5cn[nH]c45)c(Cl)cc23)[C@H](C)C1. The summed E-state index contributed by atoms with van der Waals surface area (Å²) in [7, 11) is 0. The lowest BCUT2D eigenvalue weighted by Gasteiger charge is -2.40. The molecule has 1 fully saturated rings. The molecule has 10 heteroatoms. The fraction of sp³-hybridized carbons (Fsp3) is 0.250. The number of aromatic amines is 1. The van der Waals surface area contributed by atoms with Gasteiger partial charge in [-0.1, -0.05) is 30.3 Å². The van der Waals surface area contributed by atoms with Crippen LogP contribution in [0.4, 0.5) is 16.2 Å². The third-order valence-electron chi connectivity index (χ3n) is 6.34. The fourth-order valence-electron chi connectivity index (χ4n) is 4.69. The zero-order chi connectivity index (χ0) is 24.1. The van der Waals surface area contributed by atoms with Crippen molar-refractivity contribution >= 4 is 51.1 Å². The topological polar surface area (TPSA) is 104 Å². The molecule has 1 aliphatic heterocycles. The van der Waals surface area contributed by atoms with E-state index in [-0.39, 0.29) is 34.0 Å². The molecule has 0 bridgehead atoms. The maximum atomic E-state index is 16.1. The second kappa shape index (κ2) is 8.25. The number of nitrogen functional groups attached to an aromatic ring is 1. The number of benzene rings is 2. The molecule has 1 atom stereocenters. The van der Waals surface area contributed by atoms with Crippen molar-refractivity contribution in [3.8, 4) is 11.1 Å². The lowest BCUT2D eigenvalue weighted by Crippen LogP contribution is -2.53. The standard InChI is InChI=1S/C24H23ClFN7O/c1-4-17(34)32-7-8-33(13(3)11-32)23-15-9-16(25)19(20(26)22(15)29-24(27)30-23)18-12(2)5-6-14-10-28-31-21(14)18/h4-6,9-10,13H,1,7-8,11H2,2-3H3,(H,28,31)(H2,27,29,30)/t13-/m1/s1. The maximum absolute atomic E-state index is 16.1. The van der Waals surface area contributed by atoms with Crippen molar-refractivity contribution in [2.24, 2.45) is 0 Å². The molecule has 5 rings (SSSR count). The number of nitrogens with one attached hydrogen (secondary N) is 1. The van der Waals surface area contributed by atoms with Crippen molar-refractivity contribution in [3.63, 3.8) is 0 Å². The highest BCUT2D eigenvalue weighted by Crippen LogP contribution is 2.42. The van der Waals surface area contributed by atoms with Gasteiger partial charge in [-0.2, -0.15) is 10.1 Å². The third-order valence-corrected chi connectivity index (χ3v) is 6.64. The number of hydrogen-bond acceptors (Lipinski definition) is 6. The molecule has 0 saturated carbocycles. The fourth-order valence-corrected chi connectivity index (χ4v) is 4.97. The van der Waals surface area contributed by atoms with Gasteiger partial charge in [0, 0.05) is 47.6 Å². The van der Waals surface area contributed by atoms with Gasteiger partial charge in [0.2, 0.25) is 11.9 Å². The Balaban J connectivity index is 1.68. The second-order valence-corrected chi connectivity index (χ2v) is 8.88. The second-order valence-electron chi connectivity index (χ2n) is 8.47. The summed E-state index contributed by atoms with van der Waals surface area (Å²) in [6.07, 6.45) is 2.99. The first-order valence-electron chi connectivity index (χ1n) is 10.9. The minimum Gasteiger partial charge on any atom is -0.368 e. The number of fused-ring (bicyclic) bond motifs is 2. The van der Waals surface area contributed by atoms with E-state index in [1.54, 1.807) is 17.2 Å². The monoisotopic (exact) mass is 479 g/mol. The number of amides is 1. The number of nitrogens with two attached hydrogens (primary N) is 1. The smallest absolute Gasteiger partial charge is 0.246 e. The van der Waals surface area contributed by atoms with Crippen LogP contribution in [0.5, 0.6) is 0 Å². The average Bonchev–Trinajstić information content (AvgIpc) is 3.29. The number of carbonyl (C=O) groups is 1. The molecule has 3 N–H and O–H groups in total. The summed E-state index contributed by atoms with van der Waals surface area (Å²) in [6.45, 7) is 8.88. The summed E-state index contributed by atoms with van der Waals surface area (Å²) < 4.78 is 16.1. The number of aryl methyl sites for hydroxylation is 1. The molecule has 8 nitrogen and oxygen atoms in total. The van der Waals surface area contributed by atoms with Crippen LogP contribution < -0.4 is 10.6 Å². The van der Waals surface area contributed by atoms with Crippen LogP contribution in [0.15, 0.2) is 37.1 Å². The predicted octanol–water partition coefficient (Wildman–Crippen LogP) is 4.08. The van der Waals surface area contributed by atoms with E-state index in [9.17, 15) is 4.79 Å². The van der Waals surface area contributed by atoms with Crippen LogP contribution in [0.1, 0.15) is 12.5 Å².